The van der Waals surface area contributed by atoms with Crippen LogP contribution in [0.3, 0.4) is 0 Å². The summed E-state index contributed by atoms with van der Waals surface area (Å²) in [5.41, 5.74) is 0.856. The fourth-order valence-electron chi connectivity index (χ4n) is 3.94. The Morgan fingerprint density at radius 2 is 1.69 bits per heavy atom. The van der Waals surface area contributed by atoms with Crippen molar-refractivity contribution in [3.8, 4) is 0 Å². The maximum Gasteiger partial charge on any atom is 0.416 e. The molecule has 0 spiro atoms. The minimum atomic E-state index is -4.75. The van der Waals surface area contributed by atoms with Crippen molar-refractivity contribution in [3.63, 3.8) is 0 Å². The van der Waals surface area contributed by atoms with Crippen LogP contribution in [0.5, 0.6) is 0 Å². The van der Waals surface area contributed by atoms with Crippen molar-refractivity contribution in [2.24, 2.45) is 0 Å². The van der Waals surface area contributed by atoms with Crippen LogP contribution in [0.4, 0.5) is 13.2 Å². The normalized spacial score (nSPS) is 12.4. The molecule has 0 atom stereocenters. The van der Waals surface area contributed by atoms with Crippen LogP contribution in [-0.4, -0.2) is 24.3 Å². The van der Waals surface area contributed by atoms with Crippen LogP contribution in [0.25, 0.3) is 10.9 Å². The van der Waals surface area contributed by atoms with Crippen molar-refractivity contribution in [1.29, 1.82) is 0 Å². The fourth-order valence-corrected chi connectivity index (χ4v) is 5.85. The van der Waals surface area contributed by atoms with Gasteiger partial charge in [-0.05, 0) is 54.1 Å². The van der Waals surface area contributed by atoms with E-state index in [1.165, 1.54) is 0 Å². The van der Waals surface area contributed by atoms with E-state index in [1.807, 2.05) is 37.3 Å². The maximum atomic E-state index is 13.6. The Labute approximate surface area is 211 Å². The molecule has 4 aromatic rings. The number of rotatable bonds is 7. The zero-order valence-electron chi connectivity index (χ0n) is 19.1. The zero-order valence-corrected chi connectivity index (χ0v) is 20.7. The van der Waals surface area contributed by atoms with Crippen molar-refractivity contribution in [1.82, 2.24) is 9.29 Å². The van der Waals surface area contributed by atoms with Crippen LogP contribution < -0.4 is 5.56 Å². The fraction of sp³-hybridized carbons (Fsp3) is 0.192. The van der Waals surface area contributed by atoms with Crippen LogP contribution in [0, 0.1) is 6.92 Å². The standard InChI is InChI=1S/C26H22ClF3N2O3S/c1-17-6-5-9-19-14-20(25(33)31-24(17)19)16-32(13-12-18-7-3-2-4-8-18)36(34,35)23-15-21(26(28,29)30)10-11-22(23)27/h2-11,14-15H,12-13,16H2,1H3,(H,31,33). The molecule has 0 amide bonds. The Hall–Kier alpha value is -3.14. The molecule has 1 N–H and O–H groups in total. The molecular formula is C26H22ClF3N2O3S. The summed E-state index contributed by atoms with van der Waals surface area (Å²) in [6.07, 6.45) is -4.47. The predicted octanol–water partition coefficient (Wildman–Crippen LogP) is 5.94. The summed E-state index contributed by atoms with van der Waals surface area (Å²) < 4.78 is 68.3. The number of para-hydroxylation sites is 1. The van der Waals surface area contributed by atoms with Gasteiger partial charge in [0.2, 0.25) is 10.0 Å². The SMILES string of the molecule is Cc1cccc2cc(CN(CCc3ccccc3)S(=O)(=O)c3cc(C(F)(F)F)ccc3Cl)c(=O)[nH]c12. The highest BCUT2D eigenvalue weighted by Gasteiger charge is 2.34. The first kappa shape index (κ1) is 25.9. The topological polar surface area (TPSA) is 70.2 Å². The molecule has 1 heterocycles. The predicted molar refractivity (Wildman–Crippen MR) is 134 cm³/mol. The van der Waals surface area contributed by atoms with Gasteiger partial charge < -0.3 is 4.98 Å². The Kier molecular flexibility index (Phi) is 7.26. The van der Waals surface area contributed by atoms with E-state index in [4.69, 9.17) is 11.6 Å². The van der Waals surface area contributed by atoms with Crippen LogP contribution in [-0.2, 0) is 29.2 Å². The molecule has 10 heteroatoms. The van der Waals surface area contributed by atoms with E-state index in [0.29, 0.717) is 17.0 Å². The van der Waals surface area contributed by atoms with Crippen molar-refractivity contribution < 1.29 is 21.6 Å². The third-order valence-electron chi connectivity index (χ3n) is 5.88. The van der Waals surface area contributed by atoms with E-state index in [1.54, 1.807) is 24.3 Å². The molecule has 3 aromatic carbocycles. The Morgan fingerprint density at radius 1 is 0.972 bits per heavy atom. The second-order valence-electron chi connectivity index (χ2n) is 8.38. The van der Waals surface area contributed by atoms with Gasteiger partial charge in [0.1, 0.15) is 4.90 Å². The first-order valence-electron chi connectivity index (χ1n) is 11.0. The number of nitrogens with one attached hydrogen (secondary N) is 1. The number of nitrogens with zero attached hydrogens (tertiary/aromatic N) is 1. The molecule has 0 radical (unpaired) electrons. The van der Waals surface area contributed by atoms with E-state index < -0.39 is 32.2 Å². The highest BCUT2D eigenvalue weighted by molar-refractivity contribution is 7.89. The number of pyridine rings is 1. The summed E-state index contributed by atoms with van der Waals surface area (Å²) in [6, 6.07) is 18.2. The van der Waals surface area contributed by atoms with Gasteiger partial charge >= 0.3 is 6.18 Å². The zero-order chi connectivity index (χ0) is 26.1. The highest BCUT2D eigenvalue weighted by Crippen LogP contribution is 2.34. The van der Waals surface area contributed by atoms with Crippen LogP contribution >= 0.6 is 11.6 Å². The average Bonchev–Trinajstić information content (AvgIpc) is 2.82. The number of fused-ring (bicyclic) bond motifs is 1. The Morgan fingerprint density at radius 3 is 2.39 bits per heavy atom. The molecule has 0 aliphatic carbocycles. The van der Waals surface area contributed by atoms with E-state index in [9.17, 15) is 26.4 Å². The number of aromatic amines is 1. The molecule has 0 aliphatic heterocycles. The van der Waals surface area contributed by atoms with Gasteiger partial charge in [0.05, 0.1) is 16.1 Å². The molecular weight excluding hydrogens is 513 g/mol. The number of halogens is 4. The monoisotopic (exact) mass is 534 g/mol. The molecule has 0 aliphatic rings. The molecule has 0 saturated heterocycles. The quantitative estimate of drug-likeness (QED) is 0.319. The molecule has 188 valence electrons. The van der Waals surface area contributed by atoms with Crippen molar-refractivity contribution in [3.05, 3.63) is 110 Å². The summed E-state index contributed by atoms with van der Waals surface area (Å²) in [7, 11) is -4.51. The third kappa shape index (κ3) is 5.48. The lowest BCUT2D eigenvalue weighted by Crippen LogP contribution is -2.35. The van der Waals surface area contributed by atoms with Gasteiger partial charge in [0, 0.05) is 18.7 Å². The number of H-pyrrole nitrogens is 1. The summed E-state index contributed by atoms with van der Waals surface area (Å²) in [5, 5.41) is 0.373. The summed E-state index contributed by atoms with van der Waals surface area (Å²) in [6.45, 7) is 1.41. The van der Waals surface area contributed by atoms with E-state index >= 15 is 0 Å². The maximum absolute atomic E-state index is 13.6. The lowest BCUT2D eigenvalue weighted by Gasteiger charge is -2.23. The first-order valence-corrected chi connectivity index (χ1v) is 12.8. The number of aromatic nitrogens is 1. The van der Waals surface area contributed by atoms with Gasteiger partial charge in [0.15, 0.2) is 0 Å². The largest absolute Gasteiger partial charge is 0.416 e. The van der Waals surface area contributed by atoms with E-state index in [2.05, 4.69) is 4.98 Å². The minimum absolute atomic E-state index is 0.0792. The summed E-state index contributed by atoms with van der Waals surface area (Å²) >= 11 is 6.08. The number of aryl methyl sites for hydroxylation is 1. The number of benzene rings is 3. The second-order valence-corrected chi connectivity index (χ2v) is 10.7. The Bertz CT molecular complexity index is 1570. The third-order valence-corrected chi connectivity index (χ3v) is 8.21. The average molecular weight is 535 g/mol. The smallest absolute Gasteiger partial charge is 0.321 e. The minimum Gasteiger partial charge on any atom is -0.321 e. The summed E-state index contributed by atoms with van der Waals surface area (Å²) in [5.74, 6) is 0. The lowest BCUT2D eigenvalue weighted by molar-refractivity contribution is -0.137. The number of hydrogen-bond donors (Lipinski definition) is 1. The molecule has 4 rings (SSSR count). The van der Waals surface area contributed by atoms with Gasteiger partial charge in [-0.25, -0.2) is 8.42 Å². The van der Waals surface area contributed by atoms with Gasteiger partial charge in [-0.15, -0.1) is 0 Å². The van der Waals surface area contributed by atoms with E-state index in [0.717, 1.165) is 27.6 Å². The van der Waals surface area contributed by atoms with Gasteiger partial charge in [-0.2, -0.15) is 17.5 Å². The molecule has 0 fully saturated rings. The molecule has 36 heavy (non-hydrogen) atoms. The Balaban J connectivity index is 1.78. The highest BCUT2D eigenvalue weighted by atomic mass is 35.5. The molecule has 5 nitrogen and oxygen atoms in total. The van der Waals surface area contributed by atoms with Crippen molar-refractivity contribution in [2.75, 3.05) is 6.54 Å². The van der Waals surface area contributed by atoms with Gasteiger partial charge in [-0.3, -0.25) is 4.79 Å². The summed E-state index contributed by atoms with van der Waals surface area (Å²) in [4.78, 5) is 15.0. The second kappa shape index (κ2) is 10.1. The lowest BCUT2D eigenvalue weighted by atomic mass is 10.1. The molecule has 0 saturated carbocycles. The number of alkyl halides is 3. The van der Waals surface area contributed by atoms with Crippen LogP contribution in [0.1, 0.15) is 22.3 Å². The number of sulfonamides is 1. The van der Waals surface area contributed by atoms with Crippen molar-refractivity contribution in [2.45, 2.75) is 31.0 Å². The van der Waals surface area contributed by atoms with Gasteiger partial charge in [-0.1, -0.05) is 60.1 Å². The first-order chi connectivity index (χ1) is 17.0. The molecule has 0 bridgehead atoms. The molecule has 1 aromatic heterocycles. The van der Waals surface area contributed by atoms with E-state index in [-0.39, 0.29) is 30.1 Å². The van der Waals surface area contributed by atoms with Crippen LogP contribution in [0.2, 0.25) is 5.02 Å². The van der Waals surface area contributed by atoms with Gasteiger partial charge in [0.25, 0.3) is 5.56 Å². The van der Waals surface area contributed by atoms with Crippen LogP contribution in [0.15, 0.2) is 82.5 Å². The van der Waals surface area contributed by atoms with Crippen molar-refractivity contribution >= 4 is 32.5 Å². The molecule has 0 unspecified atom stereocenters. The number of hydrogen-bond acceptors (Lipinski definition) is 3.